The maximum absolute atomic E-state index is 12.0. The highest BCUT2D eigenvalue weighted by Crippen LogP contribution is 2.45. The molecule has 172 valence electrons. The van der Waals surface area contributed by atoms with E-state index in [-0.39, 0.29) is 12.5 Å². The van der Waals surface area contributed by atoms with Gasteiger partial charge in [-0.2, -0.15) is 0 Å². The molecule has 1 aliphatic rings. The van der Waals surface area contributed by atoms with Gasteiger partial charge in [0.1, 0.15) is 11.8 Å². The van der Waals surface area contributed by atoms with Crippen LogP contribution in [0.2, 0.25) is 0 Å². The molecule has 2 heterocycles. The van der Waals surface area contributed by atoms with Crippen molar-refractivity contribution in [3.05, 3.63) is 77.9 Å². The largest absolute Gasteiger partial charge is 0.493 e. The van der Waals surface area contributed by atoms with Crippen LogP contribution in [0.15, 0.2) is 66.7 Å². The lowest BCUT2D eigenvalue weighted by atomic mass is 9.89. The fraction of sp³-hybridized carbons (Fsp3) is 0.214. The monoisotopic (exact) mass is 453 g/mol. The first-order valence-corrected chi connectivity index (χ1v) is 11.5. The van der Waals surface area contributed by atoms with Crippen LogP contribution in [0.25, 0.3) is 33.3 Å². The van der Waals surface area contributed by atoms with Crippen molar-refractivity contribution in [2.75, 3.05) is 18.5 Å². The fourth-order valence-electron chi connectivity index (χ4n) is 4.89. The summed E-state index contributed by atoms with van der Waals surface area (Å²) in [6.07, 6.45) is 0. The third-order valence-electron chi connectivity index (χ3n) is 6.50. The zero-order valence-corrected chi connectivity index (χ0v) is 19.2. The summed E-state index contributed by atoms with van der Waals surface area (Å²) < 4.78 is 5.80. The SMILES string of the molecule is CCOc1ccccc1-c1ccc(-c2nc3c(C)cccc3c3c2C(CN)[C@H](C(=O)O)N3)cc1. The van der Waals surface area contributed by atoms with Gasteiger partial charge in [-0.3, -0.25) is 0 Å². The predicted molar refractivity (Wildman–Crippen MR) is 135 cm³/mol. The molecule has 6 heteroatoms. The van der Waals surface area contributed by atoms with E-state index in [4.69, 9.17) is 15.5 Å². The van der Waals surface area contributed by atoms with Gasteiger partial charge in [-0.1, -0.05) is 60.7 Å². The number of fused-ring (bicyclic) bond motifs is 3. The van der Waals surface area contributed by atoms with Gasteiger partial charge >= 0.3 is 5.97 Å². The molecule has 0 aliphatic carbocycles. The third kappa shape index (κ3) is 3.56. The number of aryl methyl sites for hydroxylation is 1. The first-order chi connectivity index (χ1) is 16.5. The van der Waals surface area contributed by atoms with E-state index < -0.39 is 12.0 Å². The Kier molecular flexibility index (Phi) is 5.67. The Hall–Kier alpha value is -3.90. The number of pyridine rings is 1. The second-order valence-corrected chi connectivity index (χ2v) is 8.53. The number of carboxylic acids is 1. The van der Waals surface area contributed by atoms with E-state index in [2.05, 4.69) is 17.4 Å². The van der Waals surface area contributed by atoms with Gasteiger partial charge in [0.05, 0.1) is 23.5 Å². The molecule has 0 spiro atoms. The second-order valence-electron chi connectivity index (χ2n) is 8.53. The maximum Gasteiger partial charge on any atom is 0.326 e. The summed E-state index contributed by atoms with van der Waals surface area (Å²) in [5.74, 6) is -0.450. The van der Waals surface area contributed by atoms with E-state index in [1.165, 1.54) is 0 Å². The summed E-state index contributed by atoms with van der Waals surface area (Å²) >= 11 is 0. The van der Waals surface area contributed by atoms with Gasteiger partial charge in [0.2, 0.25) is 0 Å². The van der Waals surface area contributed by atoms with E-state index in [9.17, 15) is 9.90 Å². The number of hydrogen-bond donors (Lipinski definition) is 3. The number of anilines is 1. The normalized spacial score (nSPS) is 16.8. The van der Waals surface area contributed by atoms with Crippen LogP contribution in [-0.4, -0.2) is 35.3 Å². The molecule has 1 aliphatic heterocycles. The molecular formula is C28H27N3O3. The van der Waals surface area contributed by atoms with Crippen LogP contribution in [0, 0.1) is 6.92 Å². The Balaban J connectivity index is 1.68. The number of carboxylic acid groups (broad SMARTS) is 1. The lowest BCUT2D eigenvalue weighted by Crippen LogP contribution is -2.34. The van der Waals surface area contributed by atoms with Crippen LogP contribution in [0.5, 0.6) is 5.75 Å². The first kappa shape index (κ1) is 21.9. The van der Waals surface area contributed by atoms with Crippen molar-refractivity contribution in [1.82, 2.24) is 4.98 Å². The van der Waals surface area contributed by atoms with E-state index in [1.807, 2.05) is 68.4 Å². The zero-order valence-electron chi connectivity index (χ0n) is 19.2. The molecule has 34 heavy (non-hydrogen) atoms. The average molecular weight is 454 g/mol. The summed E-state index contributed by atoms with van der Waals surface area (Å²) in [4.78, 5) is 17.1. The van der Waals surface area contributed by atoms with E-state index >= 15 is 0 Å². The van der Waals surface area contributed by atoms with Gasteiger partial charge in [0, 0.05) is 34.5 Å². The zero-order chi connectivity index (χ0) is 23.8. The van der Waals surface area contributed by atoms with Crippen LogP contribution in [0.4, 0.5) is 5.69 Å². The predicted octanol–water partition coefficient (Wildman–Crippen LogP) is 5.20. The molecule has 5 rings (SSSR count). The Bertz CT molecular complexity index is 1380. The highest BCUT2D eigenvalue weighted by Gasteiger charge is 2.40. The van der Waals surface area contributed by atoms with Crippen molar-refractivity contribution in [3.63, 3.8) is 0 Å². The smallest absolute Gasteiger partial charge is 0.326 e. The summed E-state index contributed by atoms with van der Waals surface area (Å²) in [6.45, 7) is 4.80. The van der Waals surface area contributed by atoms with Crippen LogP contribution in [0.3, 0.4) is 0 Å². The molecule has 0 bridgehead atoms. The summed E-state index contributed by atoms with van der Waals surface area (Å²) in [6, 6.07) is 21.3. The van der Waals surface area contributed by atoms with Crippen LogP contribution in [-0.2, 0) is 4.79 Å². The van der Waals surface area contributed by atoms with Crippen LogP contribution < -0.4 is 15.8 Å². The lowest BCUT2D eigenvalue weighted by Gasteiger charge is -2.17. The second kappa shape index (κ2) is 8.80. The highest BCUT2D eigenvalue weighted by molar-refractivity contribution is 6.02. The molecule has 0 amide bonds. The van der Waals surface area contributed by atoms with Crippen molar-refractivity contribution in [2.24, 2.45) is 5.73 Å². The number of aliphatic carboxylic acids is 1. The Morgan fingerprint density at radius 1 is 1.06 bits per heavy atom. The number of benzene rings is 3. The van der Waals surface area contributed by atoms with Crippen LogP contribution in [0.1, 0.15) is 24.0 Å². The Labute approximate surface area is 198 Å². The summed E-state index contributed by atoms with van der Waals surface area (Å²) in [5, 5.41) is 14.0. The Morgan fingerprint density at radius 2 is 1.79 bits per heavy atom. The number of hydrogen-bond acceptors (Lipinski definition) is 5. The number of carbonyl (C=O) groups is 1. The quantitative estimate of drug-likeness (QED) is 0.371. The van der Waals surface area contributed by atoms with E-state index in [0.29, 0.717) is 6.61 Å². The maximum atomic E-state index is 12.0. The number of nitrogens with one attached hydrogen (secondary N) is 1. The lowest BCUT2D eigenvalue weighted by molar-refractivity contribution is -0.138. The van der Waals surface area contributed by atoms with Crippen molar-refractivity contribution in [3.8, 4) is 28.1 Å². The molecule has 1 unspecified atom stereocenters. The van der Waals surface area contributed by atoms with E-state index in [1.54, 1.807) is 0 Å². The molecule has 2 atom stereocenters. The van der Waals surface area contributed by atoms with Gasteiger partial charge in [-0.15, -0.1) is 0 Å². The minimum absolute atomic E-state index is 0.211. The highest BCUT2D eigenvalue weighted by atomic mass is 16.5. The molecule has 6 nitrogen and oxygen atoms in total. The fourth-order valence-corrected chi connectivity index (χ4v) is 4.89. The molecule has 1 aromatic heterocycles. The summed E-state index contributed by atoms with van der Waals surface area (Å²) in [7, 11) is 0. The molecule has 4 aromatic rings. The molecule has 0 radical (unpaired) electrons. The number of ether oxygens (including phenoxy) is 1. The number of nitrogens with two attached hydrogens (primary N) is 1. The summed E-state index contributed by atoms with van der Waals surface area (Å²) in [5.41, 5.74) is 13.4. The van der Waals surface area contributed by atoms with Gasteiger partial charge in [-0.25, -0.2) is 9.78 Å². The van der Waals surface area contributed by atoms with Crippen LogP contribution >= 0.6 is 0 Å². The van der Waals surface area contributed by atoms with Crippen molar-refractivity contribution >= 4 is 22.6 Å². The van der Waals surface area contributed by atoms with Gasteiger partial charge in [-0.05, 0) is 31.0 Å². The minimum Gasteiger partial charge on any atom is -0.493 e. The average Bonchev–Trinajstić information content (AvgIpc) is 3.25. The van der Waals surface area contributed by atoms with Gasteiger partial charge in [0.15, 0.2) is 0 Å². The molecule has 4 N–H and O–H groups in total. The molecular weight excluding hydrogens is 426 g/mol. The molecule has 0 saturated heterocycles. The number of aromatic nitrogens is 1. The Morgan fingerprint density at radius 3 is 2.50 bits per heavy atom. The molecule has 0 saturated carbocycles. The standard InChI is InChI=1S/C28H27N3O3/c1-3-34-22-10-5-4-8-19(22)17-11-13-18(14-12-17)25-23-21(15-29)27(28(32)33)31-26(23)20-9-6-7-16(2)24(20)30-25/h4-14,21,27,31H,3,15,29H2,1-2H3,(H,32,33)/t21?,27-/m1/s1. The van der Waals surface area contributed by atoms with Gasteiger partial charge < -0.3 is 20.9 Å². The molecule has 3 aromatic carbocycles. The third-order valence-corrected chi connectivity index (χ3v) is 6.50. The van der Waals surface area contributed by atoms with Gasteiger partial charge in [0.25, 0.3) is 0 Å². The van der Waals surface area contributed by atoms with Crippen molar-refractivity contribution in [1.29, 1.82) is 0 Å². The number of rotatable bonds is 6. The first-order valence-electron chi connectivity index (χ1n) is 11.5. The molecule has 0 fully saturated rings. The topological polar surface area (TPSA) is 97.5 Å². The van der Waals surface area contributed by atoms with Crippen molar-refractivity contribution < 1.29 is 14.6 Å². The van der Waals surface area contributed by atoms with Crippen molar-refractivity contribution in [2.45, 2.75) is 25.8 Å². The minimum atomic E-state index is -0.915. The number of nitrogens with zero attached hydrogens (tertiary/aromatic N) is 1. The van der Waals surface area contributed by atoms with E-state index in [0.717, 1.165) is 55.9 Å². The number of para-hydroxylation sites is 2.